The number of halogens is 1. The van der Waals surface area contributed by atoms with E-state index < -0.39 is 0 Å². The SMILES string of the molecule is Cl.c1csc(OCC23CCCN2CCC3)n1. The van der Waals surface area contributed by atoms with E-state index in [1.54, 1.807) is 17.5 Å². The van der Waals surface area contributed by atoms with Crippen LogP contribution in [0.3, 0.4) is 0 Å². The summed E-state index contributed by atoms with van der Waals surface area (Å²) in [5, 5.41) is 2.79. The predicted octanol–water partition coefficient (Wildman–Crippen LogP) is 2.57. The fourth-order valence-electron chi connectivity index (χ4n) is 2.94. The van der Waals surface area contributed by atoms with E-state index in [1.807, 2.05) is 5.38 Å². The monoisotopic (exact) mass is 260 g/mol. The smallest absolute Gasteiger partial charge is 0.273 e. The van der Waals surface area contributed by atoms with Crippen molar-refractivity contribution in [2.45, 2.75) is 31.2 Å². The zero-order chi connectivity index (χ0) is 10.1. The molecule has 3 rings (SSSR count). The topological polar surface area (TPSA) is 25.4 Å². The molecule has 0 N–H and O–H groups in total. The zero-order valence-corrected chi connectivity index (χ0v) is 10.9. The predicted molar refractivity (Wildman–Crippen MR) is 67.6 cm³/mol. The van der Waals surface area contributed by atoms with E-state index in [-0.39, 0.29) is 12.4 Å². The van der Waals surface area contributed by atoms with Crippen LogP contribution in [-0.4, -0.2) is 35.1 Å². The van der Waals surface area contributed by atoms with Gasteiger partial charge in [0, 0.05) is 11.6 Å². The van der Waals surface area contributed by atoms with Gasteiger partial charge in [-0.25, -0.2) is 4.98 Å². The Morgan fingerprint density at radius 1 is 1.38 bits per heavy atom. The first-order valence-corrected chi connectivity index (χ1v) is 6.54. The molecule has 0 radical (unpaired) electrons. The Morgan fingerprint density at radius 3 is 2.75 bits per heavy atom. The maximum Gasteiger partial charge on any atom is 0.273 e. The first-order chi connectivity index (χ1) is 7.39. The molecule has 2 saturated heterocycles. The quantitative estimate of drug-likeness (QED) is 0.835. The lowest BCUT2D eigenvalue weighted by Crippen LogP contribution is -2.43. The lowest BCUT2D eigenvalue weighted by molar-refractivity contribution is 0.113. The van der Waals surface area contributed by atoms with E-state index in [4.69, 9.17) is 4.74 Å². The summed E-state index contributed by atoms with van der Waals surface area (Å²) in [5.74, 6) is 0. The second-order valence-electron chi connectivity index (χ2n) is 4.51. The van der Waals surface area contributed by atoms with E-state index in [2.05, 4.69) is 9.88 Å². The highest BCUT2D eigenvalue weighted by Gasteiger charge is 2.44. The maximum absolute atomic E-state index is 5.80. The van der Waals surface area contributed by atoms with Crippen LogP contribution in [0.15, 0.2) is 11.6 Å². The van der Waals surface area contributed by atoms with Crippen LogP contribution in [0, 0.1) is 0 Å². The van der Waals surface area contributed by atoms with E-state index in [9.17, 15) is 0 Å². The second kappa shape index (κ2) is 4.90. The zero-order valence-electron chi connectivity index (χ0n) is 9.22. The van der Waals surface area contributed by atoms with Crippen molar-refractivity contribution in [3.63, 3.8) is 0 Å². The number of fused-ring (bicyclic) bond motifs is 1. The molecule has 0 amide bonds. The molecule has 90 valence electrons. The Hall–Kier alpha value is -0.320. The van der Waals surface area contributed by atoms with Crippen LogP contribution in [0.25, 0.3) is 0 Å². The standard InChI is InChI=1S/C11H16N2OS.ClH/c1-3-11(4-2-7-13(11)6-1)9-14-10-12-5-8-15-10;/h5,8H,1-4,6-7,9H2;1H. The van der Waals surface area contributed by atoms with Crippen LogP contribution in [0.5, 0.6) is 5.19 Å². The van der Waals surface area contributed by atoms with E-state index >= 15 is 0 Å². The van der Waals surface area contributed by atoms with E-state index in [0.29, 0.717) is 5.54 Å². The molecule has 16 heavy (non-hydrogen) atoms. The Morgan fingerprint density at radius 2 is 2.12 bits per heavy atom. The van der Waals surface area contributed by atoms with Crippen LogP contribution in [0.1, 0.15) is 25.7 Å². The van der Waals surface area contributed by atoms with Gasteiger partial charge in [0.05, 0.1) is 5.54 Å². The van der Waals surface area contributed by atoms with Gasteiger partial charge in [-0.05, 0) is 38.8 Å². The Balaban J connectivity index is 0.000000963. The van der Waals surface area contributed by atoms with Crippen LogP contribution in [0.2, 0.25) is 0 Å². The summed E-state index contributed by atoms with van der Waals surface area (Å²) < 4.78 is 5.80. The number of thiazole rings is 1. The highest BCUT2D eigenvalue weighted by molar-refractivity contribution is 7.11. The first-order valence-electron chi connectivity index (χ1n) is 5.66. The van der Waals surface area contributed by atoms with E-state index in [1.165, 1.54) is 38.8 Å². The molecule has 2 aliphatic rings. The van der Waals surface area contributed by atoms with Crippen LogP contribution >= 0.6 is 23.7 Å². The van der Waals surface area contributed by atoms with Gasteiger partial charge in [0.1, 0.15) is 6.61 Å². The lowest BCUT2D eigenvalue weighted by Gasteiger charge is -2.31. The van der Waals surface area contributed by atoms with Crippen molar-refractivity contribution in [3.05, 3.63) is 11.6 Å². The van der Waals surface area contributed by atoms with Crippen LogP contribution in [-0.2, 0) is 0 Å². The molecule has 0 unspecified atom stereocenters. The Kier molecular flexibility index (Phi) is 3.72. The fraction of sp³-hybridized carbons (Fsp3) is 0.727. The molecule has 0 atom stereocenters. The van der Waals surface area contributed by atoms with Crippen molar-refractivity contribution < 1.29 is 4.74 Å². The summed E-state index contributed by atoms with van der Waals surface area (Å²) >= 11 is 1.59. The molecule has 0 spiro atoms. The van der Waals surface area contributed by atoms with Crippen molar-refractivity contribution in [1.82, 2.24) is 9.88 Å². The molecule has 3 heterocycles. The van der Waals surface area contributed by atoms with Gasteiger partial charge in [-0.3, -0.25) is 4.90 Å². The van der Waals surface area contributed by atoms with Crippen molar-refractivity contribution in [1.29, 1.82) is 0 Å². The number of nitrogens with zero attached hydrogens (tertiary/aromatic N) is 2. The molecule has 2 fully saturated rings. The summed E-state index contributed by atoms with van der Waals surface area (Å²) in [6.07, 6.45) is 7.08. The molecular formula is C11H17ClN2OS. The van der Waals surface area contributed by atoms with Crippen molar-refractivity contribution >= 4 is 23.7 Å². The van der Waals surface area contributed by atoms with Gasteiger partial charge >= 0.3 is 0 Å². The van der Waals surface area contributed by atoms with Gasteiger partial charge < -0.3 is 4.74 Å². The van der Waals surface area contributed by atoms with Gasteiger partial charge in [-0.1, -0.05) is 11.3 Å². The van der Waals surface area contributed by atoms with Gasteiger partial charge in [0.25, 0.3) is 5.19 Å². The van der Waals surface area contributed by atoms with Gasteiger partial charge in [-0.2, -0.15) is 0 Å². The molecule has 5 heteroatoms. The number of hydrogen-bond donors (Lipinski definition) is 0. The number of aromatic nitrogens is 1. The molecule has 1 aromatic rings. The minimum Gasteiger partial charge on any atom is -0.468 e. The van der Waals surface area contributed by atoms with Crippen LogP contribution < -0.4 is 4.74 Å². The van der Waals surface area contributed by atoms with Gasteiger partial charge in [-0.15, -0.1) is 12.4 Å². The molecular weight excluding hydrogens is 244 g/mol. The van der Waals surface area contributed by atoms with Gasteiger partial charge in [0.15, 0.2) is 0 Å². The molecule has 0 aliphatic carbocycles. The van der Waals surface area contributed by atoms with Gasteiger partial charge in [0.2, 0.25) is 0 Å². The average Bonchev–Trinajstić information content (AvgIpc) is 2.91. The Labute approximate surface area is 106 Å². The van der Waals surface area contributed by atoms with E-state index in [0.717, 1.165) is 11.8 Å². The largest absolute Gasteiger partial charge is 0.468 e. The third-order valence-corrected chi connectivity index (χ3v) is 4.37. The highest BCUT2D eigenvalue weighted by Crippen LogP contribution is 2.39. The Bertz CT molecular complexity index is 321. The number of hydrogen-bond acceptors (Lipinski definition) is 4. The third kappa shape index (κ3) is 2.06. The lowest BCUT2D eigenvalue weighted by atomic mass is 9.95. The number of rotatable bonds is 3. The minimum absolute atomic E-state index is 0. The molecule has 0 bridgehead atoms. The highest BCUT2D eigenvalue weighted by atomic mass is 35.5. The molecule has 1 aromatic heterocycles. The maximum atomic E-state index is 5.80. The second-order valence-corrected chi connectivity index (χ2v) is 5.36. The first kappa shape index (κ1) is 12.1. The summed E-state index contributed by atoms with van der Waals surface area (Å²) in [6, 6.07) is 0. The summed E-state index contributed by atoms with van der Waals surface area (Å²) in [6.45, 7) is 3.36. The molecule has 2 aliphatic heterocycles. The summed E-state index contributed by atoms with van der Waals surface area (Å²) in [5.41, 5.74) is 0.353. The number of ether oxygens (including phenoxy) is 1. The summed E-state index contributed by atoms with van der Waals surface area (Å²) in [7, 11) is 0. The minimum atomic E-state index is 0. The van der Waals surface area contributed by atoms with Crippen molar-refractivity contribution in [3.8, 4) is 5.19 Å². The average molecular weight is 261 g/mol. The molecule has 0 saturated carbocycles. The van der Waals surface area contributed by atoms with Crippen LogP contribution in [0.4, 0.5) is 0 Å². The van der Waals surface area contributed by atoms with Crippen molar-refractivity contribution in [2.75, 3.05) is 19.7 Å². The third-order valence-electron chi connectivity index (χ3n) is 3.69. The normalized spacial score (nSPS) is 22.8. The van der Waals surface area contributed by atoms with Crippen molar-refractivity contribution in [2.24, 2.45) is 0 Å². The fourth-order valence-corrected chi connectivity index (χ4v) is 3.43. The molecule has 0 aromatic carbocycles. The molecule has 3 nitrogen and oxygen atoms in total. The summed E-state index contributed by atoms with van der Waals surface area (Å²) in [4.78, 5) is 6.78.